The first kappa shape index (κ1) is 14.7. The summed E-state index contributed by atoms with van der Waals surface area (Å²) in [7, 11) is 1.70. The average molecular weight is 273 g/mol. The normalized spacial score (nSPS) is 12.3. The zero-order valence-electron chi connectivity index (χ0n) is 11.9. The zero-order valence-corrected chi connectivity index (χ0v) is 11.9. The predicted molar refractivity (Wildman–Crippen MR) is 78.8 cm³/mol. The molecule has 2 nitrogen and oxygen atoms in total. The maximum atomic E-state index is 12.9. The van der Waals surface area contributed by atoms with Gasteiger partial charge >= 0.3 is 0 Å². The van der Waals surface area contributed by atoms with Gasteiger partial charge in [-0.1, -0.05) is 36.4 Å². The summed E-state index contributed by atoms with van der Waals surface area (Å²) < 4.78 is 18.0. The minimum absolute atomic E-state index is 0.182. The van der Waals surface area contributed by atoms with Crippen LogP contribution in [0.5, 0.6) is 0 Å². The highest BCUT2D eigenvalue weighted by Crippen LogP contribution is 2.14. The molecule has 2 aromatic carbocycles. The van der Waals surface area contributed by atoms with E-state index in [1.165, 1.54) is 23.3 Å². The van der Waals surface area contributed by atoms with E-state index in [2.05, 4.69) is 30.4 Å². The summed E-state index contributed by atoms with van der Waals surface area (Å²) in [5, 5.41) is 3.44. The van der Waals surface area contributed by atoms with Crippen LogP contribution >= 0.6 is 0 Å². The molecule has 0 heterocycles. The molecule has 0 aliphatic rings. The molecule has 0 aromatic heterocycles. The number of halogens is 1. The van der Waals surface area contributed by atoms with Crippen LogP contribution in [0.4, 0.5) is 4.39 Å². The number of ether oxygens (including phenoxy) is 1. The first-order valence-corrected chi connectivity index (χ1v) is 6.74. The molecule has 0 saturated carbocycles. The number of rotatable bonds is 6. The monoisotopic (exact) mass is 273 g/mol. The number of hydrogen-bond acceptors (Lipinski definition) is 2. The van der Waals surface area contributed by atoms with E-state index < -0.39 is 0 Å². The first-order chi connectivity index (χ1) is 9.69. The second-order valence-corrected chi connectivity index (χ2v) is 4.91. The van der Waals surface area contributed by atoms with Crippen molar-refractivity contribution >= 4 is 0 Å². The molecule has 2 aromatic rings. The van der Waals surface area contributed by atoms with Gasteiger partial charge in [0.15, 0.2) is 0 Å². The van der Waals surface area contributed by atoms with Gasteiger partial charge in [0, 0.05) is 19.7 Å². The summed E-state index contributed by atoms with van der Waals surface area (Å²) in [6, 6.07) is 15.1. The van der Waals surface area contributed by atoms with Crippen LogP contribution in [0.25, 0.3) is 0 Å². The summed E-state index contributed by atoms with van der Waals surface area (Å²) in [6.45, 7) is 3.48. The fraction of sp³-hybridized carbons (Fsp3) is 0.294. The lowest BCUT2D eigenvalue weighted by atomic mass is 10.1. The average Bonchev–Trinajstić information content (AvgIpc) is 2.46. The summed E-state index contributed by atoms with van der Waals surface area (Å²) in [5.41, 5.74) is 3.47. The Labute approximate surface area is 119 Å². The lowest BCUT2D eigenvalue weighted by molar-refractivity contribution is 0.185. The van der Waals surface area contributed by atoms with Gasteiger partial charge < -0.3 is 10.1 Å². The molecule has 2 rings (SSSR count). The van der Waals surface area contributed by atoms with Crippen molar-refractivity contribution in [2.75, 3.05) is 7.11 Å². The van der Waals surface area contributed by atoms with Crippen molar-refractivity contribution < 1.29 is 9.13 Å². The first-order valence-electron chi connectivity index (χ1n) is 6.74. The molecular formula is C17H20FNO. The van der Waals surface area contributed by atoms with E-state index in [0.717, 1.165) is 12.1 Å². The highest BCUT2D eigenvalue weighted by Gasteiger charge is 2.05. The van der Waals surface area contributed by atoms with E-state index in [0.29, 0.717) is 6.61 Å². The predicted octanol–water partition coefficient (Wildman–Crippen LogP) is 3.82. The molecule has 0 aliphatic heterocycles. The minimum Gasteiger partial charge on any atom is -0.380 e. The maximum Gasteiger partial charge on any atom is 0.123 e. The number of nitrogens with one attached hydrogen (secondary N) is 1. The molecule has 1 atom stereocenters. The Morgan fingerprint density at radius 3 is 2.50 bits per heavy atom. The van der Waals surface area contributed by atoms with Gasteiger partial charge in [-0.2, -0.15) is 0 Å². The van der Waals surface area contributed by atoms with Gasteiger partial charge in [0.2, 0.25) is 0 Å². The molecule has 1 N–H and O–H groups in total. The second kappa shape index (κ2) is 7.17. The van der Waals surface area contributed by atoms with Gasteiger partial charge in [0.25, 0.3) is 0 Å². The van der Waals surface area contributed by atoms with Crippen molar-refractivity contribution in [3.05, 3.63) is 71.0 Å². The Balaban J connectivity index is 1.94. The van der Waals surface area contributed by atoms with Crippen LogP contribution in [0.15, 0.2) is 48.5 Å². The molecule has 0 bridgehead atoms. The van der Waals surface area contributed by atoms with E-state index in [9.17, 15) is 4.39 Å². The molecule has 106 valence electrons. The summed E-state index contributed by atoms with van der Waals surface area (Å²) in [4.78, 5) is 0. The molecule has 0 aliphatic carbocycles. The van der Waals surface area contributed by atoms with Crippen molar-refractivity contribution in [3.8, 4) is 0 Å². The van der Waals surface area contributed by atoms with Gasteiger partial charge in [0.05, 0.1) is 6.61 Å². The van der Waals surface area contributed by atoms with Crippen molar-refractivity contribution in [3.63, 3.8) is 0 Å². The van der Waals surface area contributed by atoms with E-state index in [-0.39, 0.29) is 11.9 Å². The lowest BCUT2D eigenvalue weighted by Gasteiger charge is -2.14. The third kappa shape index (κ3) is 4.15. The van der Waals surface area contributed by atoms with Crippen LogP contribution in [0.3, 0.4) is 0 Å². The molecule has 20 heavy (non-hydrogen) atoms. The van der Waals surface area contributed by atoms with Crippen LogP contribution in [0.2, 0.25) is 0 Å². The Morgan fingerprint density at radius 1 is 1.10 bits per heavy atom. The van der Waals surface area contributed by atoms with Crippen LogP contribution in [-0.2, 0) is 17.9 Å². The highest BCUT2D eigenvalue weighted by molar-refractivity contribution is 5.24. The SMILES string of the molecule is COCc1cccc(CN[C@@H](C)c2ccc(F)cc2)c1. The fourth-order valence-corrected chi connectivity index (χ4v) is 2.14. The number of hydrogen-bond donors (Lipinski definition) is 1. The van der Waals surface area contributed by atoms with Crippen LogP contribution in [-0.4, -0.2) is 7.11 Å². The fourth-order valence-electron chi connectivity index (χ4n) is 2.14. The van der Waals surface area contributed by atoms with Crippen molar-refractivity contribution in [2.24, 2.45) is 0 Å². The molecule has 0 amide bonds. The van der Waals surface area contributed by atoms with Gasteiger partial charge in [-0.25, -0.2) is 4.39 Å². The molecule has 0 fully saturated rings. The van der Waals surface area contributed by atoms with Gasteiger partial charge in [-0.15, -0.1) is 0 Å². The van der Waals surface area contributed by atoms with Crippen molar-refractivity contribution in [1.82, 2.24) is 5.32 Å². The van der Waals surface area contributed by atoms with Crippen LogP contribution in [0.1, 0.15) is 29.7 Å². The molecule has 3 heteroatoms. The zero-order chi connectivity index (χ0) is 14.4. The van der Waals surface area contributed by atoms with E-state index in [1.807, 2.05) is 18.2 Å². The van der Waals surface area contributed by atoms with Crippen LogP contribution < -0.4 is 5.32 Å². The Hall–Kier alpha value is -1.71. The quantitative estimate of drug-likeness (QED) is 0.864. The molecule has 0 radical (unpaired) electrons. The summed E-state index contributed by atoms with van der Waals surface area (Å²) >= 11 is 0. The molecular weight excluding hydrogens is 253 g/mol. The van der Waals surface area contributed by atoms with Crippen LogP contribution in [0, 0.1) is 5.82 Å². The molecule has 0 unspecified atom stereocenters. The standard InChI is InChI=1S/C17H20FNO/c1-13(16-6-8-17(18)9-7-16)19-11-14-4-3-5-15(10-14)12-20-2/h3-10,13,19H,11-12H2,1-2H3/t13-/m0/s1. The van der Waals surface area contributed by atoms with Gasteiger partial charge in [0.1, 0.15) is 5.82 Å². The largest absolute Gasteiger partial charge is 0.380 e. The molecule has 0 saturated heterocycles. The van der Waals surface area contributed by atoms with Gasteiger partial charge in [-0.3, -0.25) is 0 Å². The minimum atomic E-state index is -0.201. The third-order valence-electron chi connectivity index (χ3n) is 3.28. The smallest absolute Gasteiger partial charge is 0.123 e. The van der Waals surface area contributed by atoms with Crippen molar-refractivity contribution in [1.29, 1.82) is 0 Å². The maximum absolute atomic E-state index is 12.9. The summed E-state index contributed by atoms with van der Waals surface area (Å²) in [5.74, 6) is -0.201. The lowest BCUT2D eigenvalue weighted by Crippen LogP contribution is -2.18. The Kier molecular flexibility index (Phi) is 5.27. The number of benzene rings is 2. The van der Waals surface area contributed by atoms with E-state index in [1.54, 1.807) is 7.11 Å². The second-order valence-electron chi connectivity index (χ2n) is 4.91. The van der Waals surface area contributed by atoms with E-state index in [4.69, 9.17) is 4.74 Å². The molecule has 0 spiro atoms. The number of methoxy groups -OCH3 is 1. The summed E-state index contributed by atoms with van der Waals surface area (Å²) in [6.07, 6.45) is 0. The topological polar surface area (TPSA) is 21.3 Å². The van der Waals surface area contributed by atoms with Gasteiger partial charge in [-0.05, 0) is 35.7 Å². The Bertz CT molecular complexity index is 539. The highest BCUT2D eigenvalue weighted by atomic mass is 19.1. The van der Waals surface area contributed by atoms with E-state index >= 15 is 0 Å². The Morgan fingerprint density at radius 2 is 1.80 bits per heavy atom. The van der Waals surface area contributed by atoms with Crippen molar-refractivity contribution in [2.45, 2.75) is 26.1 Å². The third-order valence-corrected chi connectivity index (χ3v) is 3.28.